The summed E-state index contributed by atoms with van der Waals surface area (Å²) in [6.07, 6.45) is 1.44. The predicted octanol–water partition coefficient (Wildman–Crippen LogP) is 4.12. The summed E-state index contributed by atoms with van der Waals surface area (Å²) in [5, 5.41) is 2.87. The number of hydrogen-bond acceptors (Lipinski definition) is 5. The highest BCUT2D eigenvalue weighted by Gasteiger charge is 2.22. The van der Waals surface area contributed by atoms with Crippen molar-refractivity contribution in [3.8, 4) is 5.75 Å². The Bertz CT molecular complexity index is 755. The lowest BCUT2D eigenvalue weighted by atomic mass is 10.0. The number of rotatable bonds is 10. The number of oxazole rings is 1. The van der Waals surface area contributed by atoms with E-state index in [2.05, 4.69) is 55.9 Å². The van der Waals surface area contributed by atoms with Crippen molar-refractivity contribution in [1.29, 1.82) is 0 Å². The van der Waals surface area contributed by atoms with E-state index >= 15 is 0 Å². The van der Waals surface area contributed by atoms with Crippen LogP contribution in [0.1, 0.15) is 56.6 Å². The van der Waals surface area contributed by atoms with E-state index in [1.807, 2.05) is 18.2 Å². The first-order valence-electron chi connectivity index (χ1n) is 9.90. The molecule has 1 unspecified atom stereocenters. The summed E-state index contributed by atoms with van der Waals surface area (Å²) in [7, 11) is 1.69. The molecule has 2 rings (SSSR count). The fraction of sp³-hybridized carbons (Fsp3) is 0.545. The molecule has 0 bridgehead atoms. The summed E-state index contributed by atoms with van der Waals surface area (Å²) in [5.74, 6) is 2.05. The minimum atomic E-state index is -0.197. The smallest absolute Gasteiger partial charge is 0.273 e. The highest BCUT2D eigenvalue weighted by molar-refractivity contribution is 5.91. The molecule has 0 aliphatic heterocycles. The van der Waals surface area contributed by atoms with Gasteiger partial charge in [-0.15, -0.1) is 0 Å². The normalized spacial score (nSPS) is 12.6. The highest BCUT2D eigenvalue weighted by Crippen LogP contribution is 2.23. The molecule has 1 amide bonds. The Kier molecular flexibility index (Phi) is 8.05. The lowest BCUT2D eigenvalue weighted by molar-refractivity contribution is 0.0943. The Morgan fingerprint density at radius 3 is 2.54 bits per heavy atom. The molecule has 1 aromatic heterocycles. The zero-order chi connectivity index (χ0) is 20.7. The molecule has 1 atom stereocenters. The first kappa shape index (κ1) is 22.0. The van der Waals surface area contributed by atoms with Gasteiger partial charge in [0.15, 0.2) is 5.69 Å². The maximum absolute atomic E-state index is 12.2. The number of amides is 1. The van der Waals surface area contributed by atoms with Crippen molar-refractivity contribution >= 4 is 5.91 Å². The van der Waals surface area contributed by atoms with Gasteiger partial charge in [0.2, 0.25) is 5.89 Å². The number of hydrogen-bond donors (Lipinski definition) is 1. The van der Waals surface area contributed by atoms with Gasteiger partial charge in [-0.05, 0) is 24.8 Å². The number of carbonyl (C=O) groups is 1. The van der Waals surface area contributed by atoms with E-state index in [1.165, 1.54) is 6.26 Å². The molecule has 2 aromatic rings. The van der Waals surface area contributed by atoms with Crippen molar-refractivity contribution < 1.29 is 13.9 Å². The van der Waals surface area contributed by atoms with Crippen molar-refractivity contribution in [1.82, 2.24) is 15.2 Å². The number of nitrogens with zero attached hydrogens (tertiary/aromatic N) is 2. The minimum Gasteiger partial charge on any atom is -0.496 e. The zero-order valence-electron chi connectivity index (χ0n) is 17.9. The molecule has 0 spiro atoms. The van der Waals surface area contributed by atoms with Crippen molar-refractivity contribution in [2.45, 2.75) is 53.8 Å². The summed E-state index contributed by atoms with van der Waals surface area (Å²) in [4.78, 5) is 18.9. The average molecular weight is 388 g/mol. The summed E-state index contributed by atoms with van der Waals surface area (Å²) < 4.78 is 11.1. The SMILES string of the molecule is COc1ccccc1CN(Cc1nc(C(=O)NCC(C)C)co1)C(C)C(C)C. The average Bonchev–Trinajstić information content (AvgIpc) is 3.13. The van der Waals surface area contributed by atoms with E-state index in [0.29, 0.717) is 49.1 Å². The molecule has 0 radical (unpaired) electrons. The molecule has 28 heavy (non-hydrogen) atoms. The van der Waals surface area contributed by atoms with Gasteiger partial charge in [0.25, 0.3) is 5.91 Å². The quantitative estimate of drug-likeness (QED) is 0.664. The Morgan fingerprint density at radius 1 is 1.18 bits per heavy atom. The predicted molar refractivity (Wildman–Crippen MR) is 110 cm³/mol. The topological polar surface area (TPSA) is 67.6 Å². The Balaban J connectivity index is 2.14. The second-order valence-corrected chi connectivity index (χ2v) is 7.93. The molecule has 0 saturated carbocycles. The fourth-order valence-corrected chi connectivity index (χ4v) is 2.87. The van der Waals surface area contributed by atoms with Crippen LogP contribution in [0.2, 0.25) is 0 Å². The molecular formula is C22H33N3O3. The van der Waals surface area contributed by atoms with Gasteiger partial charge in [-0.3, -0.25) is 9.69 Å². The maximum atomic E-state index is 12.2. The molecule has 6 heteroatoms. The molecule has 0 aliphatic carbocycles. The second kappa shape index (κ2) is 10.3. The molecule has 1 heterocycles. The van der Waals surface area contributed by atoms with Crippen LogP contribution in [0.4, 0.5) is 0 Å². The van der Waals surface area contributed by atoms with Gasteiger partial charge in [-0.2, -0.15) is 0 Å². The van der Waals surface area contributed by atoms with Gasteiger partial charge in [0.1, 0.15) is 12.0 Å². The largest absolute Gasteiger partial charge is 0.496 e. The van der Waals surface area contributed by atoms with Gasteiger partial charge in [-0.1, -0.05) is 45.9 Å². The van der Waals surface area contributed by atoms with Crippen LogP contribution in [0.5, 0.6) is 5.75 Å². The van der Waals surface area contributed by atoms with Gasteiger partial charge in [-0.25, -0.2) is 4.98 Å². The third-order valence-corrected chi connectivity index (χ3v) is 4.90. The third-order valence-electron chi connectivity index (χ3n) is 4.90. The first-order valence-corrected chi connectivity index (χ1v) is 9.90. The summed E-state index contributed by atoms with van der Waals surface area (Å²) in [6.45, 7) is 12.5. The molecule has 6 nitrogen and oxygen atoms in total. The number of carbonyl (C=O) groups excluding carboxylic acids is 1. The minimum absolute atomic E-state index is 0.197. The van der Waals surface area contributed by atoms with Crippen LogP contribution in [0.25, 0.3) is 0 Å². The monoisotopic (exact) mass is 387 g/mol. The lowest BCUT2D eigenvalue weighted by Crippen LogP contribution is -2.36. The first-order chi connectivity index (χ1) is 13.3. The van der Waals surface area contributed by atoms with Crippen LogP contribution in [0, 0.1) is 11.8 Å². The van der Waals surface area contributed by atoms with Crippen LogP contribution >= 0.6 is 0 Å². The standard InChI is InChI=1S/C22H33N3O3/c1-15(2)11-23-22(26)19-14-28-21(24-19)13-25(17(5)16(3)4)12-18-9-7-8-10-20(18)27-6/h7-10,14-17H,11-13H2,1-6H3,(H,23,26). The van der Waals surface area contributed by atoms with E-state index < -0.39 is 0 Å². The van der Waals surface area contributed by atoms with Crippen LogP contribution < -0.4 is 10.1 Å². The zero-order valence-corrected chi connectivity index (χ0v) is 17.9. The summed E-state index contributed by atoms with van der Waals surface area (Å²) in [5.41, 5.74) is 1.43. The fourth-order valence-electron chi connectivity index (χ4n) is 2.87. The molecule has 1 N–H and O–H groups in total. The Hall–Kier alpha value is -2.34. The van der Waals surface area contributed by atoms with Gasteiger partial charge in [0.05, 0.1) is 13.7 Å². The van der Waals surface area contributed by atoms with E-state index in [1.54, 1.807) is 7.11 Å². The molecule has 1 aromatic carbocycles. The van der Waals surface area contributed by atoms with Crippen molar-refractivity contribution in [2.24, 2.45) is 11.8 Å². The number of nitrogens with one attached hydrogen (secondary N) is 1. The number of methoxy groups -OCH3 is 1. The Labute approximate surface area is 168 Å². The number of aromatic nitrogens is 1. The highest BCUT2D eigenvalue weighted by atomic mass is 16.5. The second-order valence-electron chi connectivity index (χ2n) is 7.93. The maximum Gasteiger partial charge on any atom is 0.273 e. The van der Waals surface area contributed by atoms with Crippen molar-refractivity contribution in [3.05, 3.63) is 47.7 Å². The summed E-state index contributed by atoms with van der Waals surface area (Å²) in [6, 6.07) is 8.32. The molecule has 0 aliphatic rings. The van der Waals surface area contributed by atoms with Crippen LogP contribution in [-0.4, -0.2) is 35.5 Å². The van der Waals surface area contributed by atoms with E-state index in [4.69, 9.17) is 9.15 Å². The molecule has 0 saturated heterocycles. The third kappa shape index (κ3) is 6.09. The van der Waals surface area contributed by atoms with Crippen LogP contribution in [-0.2, 0) is 13.1 Å². The van der Waals surface area contributed by atoms with Crippen molar-refractivity contribution in [2.75, 3.05) is 13.7 Å². The van der Waals surface area contributed by atoms with Gasteiger partial charge in [0, 0.05) is 24.7 Å². The van der Waals surface area contributed by atoms with Gasteiger partial charge < -0.3 is 14.5 Å². The van der Waals surface area contributed by atoms with E-state index in [-0.39, 0.29) is 5.91 Å². The lowest BCUT2D eigenvalue weighted by Gasteiger charge is -2.31. The molecule has 154 valence electrons. The number of para-hydroxylation sites is 1. The van der Waals surface area contributed by atoms with Crippen LogP contribution in [0.3, 0.4) is 0 Å². The molecular weight excluding hydrogens is 354 g/mol. The van der Waals surface area contributed by atoms with E-state index in [0.717, 1.165) is 11.3 Å². The number of benzene rings is 1. The molecule has 0 fully saturated rings. The van der Waals surface area contributed by atoms with E-state index in [9.17, 15) is 4.79 Å². The Morgan fingerprint density at radius 2 is 1.89 bits per heavy atom. The number of ether oxygens (including phenoxy) is 1. The van der Waals surface area contributed by atoms with Gasteiger partial charge >= 0.3 is 0 Å². The summed E-state index contributed by atoms with van der Waals surface area (Å²) >= 11 is 0. The van der Waals surface area contributed by atoms with Crippen molar-refractivity contribution in [3.63, 3.8) is 0 Å². The van der Waals surface area contributed by atoms with Crippen LogP contribution in [0.15, 0.2) is 34.9 Å².